The number of hydrogen-bond donors (Lipinski definition) is 2. The van der Waals surface area contributed by atoms with Gasteiger partial charge in [0.25, 0.3) is 5.91 Å². The zero-order valence-electron chi connectivity index (χ0n) is 20.4. The molecule has 10 heteroatoms. The number of amides is 1. The summed E-state index contributed by atoms with van der Waals surface area (Å²) in [5.74, 6) is 0.124. The summed E-state index contributed by atoms with van der Waals surface area (Å²) in [4.78, 5) is 14.3. The lowest BCUT2D eigenvalue weighted by atomic mass is 10.1. The number of anilines is 1. The average Bonchev–Trinajstić information content (AvgIpc) is 3.56. The van der Waals surface area contributed by atoms with Crippen LogP contribution in [0.15, 0.2) is 77.2 Å². The lowest BCUT2D eigenvalue weighted by molar-refractivity contribution is 0.0951. The Morgan fingerprint density at radius 2 is 1.76 bits per heavy atom. The predicted molar refractivity (Wildman–Crippen MR) is 155 cm³/mol. The van der Waals surface area contributed by atoms with Gasteiger partial charge in [0, 0.05) is 10.6 Å². The Morgan fingerprint density at radius 3 is 2.50 bits per heavy atom. The van der Waals surface area contributed by atoms with E-state index in [1.807, 2.05) is 24.3 Å². The smallest absolute Gasteiger partial charge is 0.293 e. The molecule has 0 saturated carbocycles. The standard InChI is InChI=1S/C28H23Cl2N5O2S/c1-2-3-5-17-8-10-20(11-9-17)35-33-23-15-21(30)22(16-24(23)34-35)31-28(38)32-27(36)26-13-12-25(37-26)18-6-4-7-19(29)14-18/h4,6-16H,2-3,5H2,1H3,(H2,31,32,36,38). The van der Waals surface area contributed by atoms with Crippen molar-refractivity contribution in [3.63, 3.8) is 0 Å². The molecule has 0 aliphatic heterocycles. The third-order valence-electron chi connectivity index (χ3n) is 5.87. The summed E-state index contributed by atoms with van der Waals surface area (Å²) < 4.78 is 5.69. The van der Waals surface area contributed by atoms with Gasteiger partial charge in [-0.2, -0.15) is 4.80 Å². The predicted octanol–water partition coefficient (Wildman–Crippen LogP) is 7.46. The van der Waals surface area contributed by atoms with Gasteiger partial charge in [0.15, 0.2) is 10.9 Å². The lowest BCUT2D eigenvalue weighted by Gasteiger charge is -2.10. The second kappa shape index (κ2) is 11.3. The average molecular weight is 564 g/mol. The number of unbranched alkanes of at least 4 members (excludes halogenated alkanes) is 1. The first-order valence-electron chi connectivity index (χ1n) is 12.0. The van der Waals surface area contributed by atoms with Gasteiger partial charge in [-0.3, -0.25) is 10.1 Å². The number of carbonyl (C=O) groups is 1. The van der Waals surface area contributed by atoms with Crippen LogP contribution in [0.1, 0.15) is 35.9 Å². The molecule has 0 fully saturated rings. The number of nitrogens with one attached hydrogen (secondary N) is 2. The van der Waals surface area contributed by atoms with E-state index < -0.39 is 5.91 Å². The number of nitrogens with zero attached hydrogens (tertiary/aromatic N) is 3. The molecule has 192 valence electrons. The molecule has 0 unspecified atom stereocenters. The highest BCUT2D eigenvalue weighted by molar-refractivity contribution is 7.80. The van der Waals surface area contributed by atoms with Gasteiger partial charge in [-0.05, 0) is 79.2 Å². The summed E-state index contributed by atoms with van der Waals surface area (Å²) in [7, 11) is 0. The monoisotopic (exact) mass is 563 g/mol. The highest BCUT2D eigenvalue weighted by Crippen LogP contribution is 2.28. The van der Waals surface area contributed by atoms with Crippen molar-refractivity contribution in [3.05, 3.63) is 94.2 Å². The van der Waals surface area contributed by atoms with E-state index in [1.165, 1.54) is 5.56 Å². The number of rotatable bonds is 7. The van der Waals surface area contributed by atoms with Crippen LogP contribution in [0.4, 0.5) is 5.69 Å². The number of benzene rings is 3. The van der Waals surface area contributed by atoms with Crippen molar-refractivity contribution in [1.82, 2.24) is 20.3 Å². The van der Waals surface area contributed by atoms with Gasteiger partial charge in [0.2, 0.25) is 0 Å². The molecule has 0 aliphatic carbocycles. The lowest BCUT2D eigenvalue weighted by Crippen LogP contribution is -2.33. The van der Waals surface area contributed by atoms with Crippen LogP contribution in [-0.4, -0.2) is 26.0 Å². The number of thiocarbonyl (C=S) groups is 1. The van der Waals surface area contributed by atoms with Crippen LogP contribution in [0, 0.1) is 0 Å². The molecule has 0 bridgehead atoms. The Balaban J connectivity index is 1.27. The van der Waals surface area contributed by atoms with E-state index in [0.29, 0.717) is 32.5 Å². The minimum Gasteiger partial charge on any atom is -0.451 e. The molecule has 1 amide bonds. The van der Waals surface area contributed by atoms with Crippen molar-refractivity contribution in [3.8, 4) is 17.0 Å². The van der Waals surface area contributed by atoms with E-state index in [1.54, 1.807) is 41.2 Å². The highest BCUT2D eigenvalue weighted by atomic mass is 35.5. The second-order valence-electron chi connectivity index (χ2n) is 8.66. The molecule has 2 N–H and O–H groups in total. The number of carbonyl (C=O) groups excluding carboxylic acids is 1. The summed E-state index contributed by atoms with van der Waals surface area (Å²) in [6, 6.07) is 22.1. The van der Waals surface area contributed by atoms with E-state index in [-0.39, 0.29) is 10.9 Å². The van der Waals surface area contributed by atoms with E-state index in [4.69, 9.17) is 39.8 Å². The Kier molecular flexibility index (Phi) is 7.74. The molecule has 5 rings (SSSR count). The number of aromatic nitrogens is 3. The first kappa shape index (κ1) is 25.9. The zero-order valence-corrected chi connectivity index (χ0v) is 22.7. The molecule has 0 radical (unpaired) electrons. The molecular formula is C28H23Cl2N5O2S. The minimum absolute atomic E-state index is 0.0621. The van der Waals surface area contributed by atoms with Gasteiger partial charge < -0.3 is 9.73 Å². The first-order valence-corrected chi connectivity index (χ1v) is 13.2. The summed E-state index contributed by atoms with van der Waals surface area (Å²) in [6.07, 6.45) is 3.37. The molecule has 2 aromatic heterocycles. The number of fused-ring (bicyclic) bond motifs is 1. The van der Waals surface area contributed by atoms with E-state index in [0.717, 1.165) is 30.5 Å². The number of furan rings is 1. The summed E-state index contributed by atoms with van der Waals surface area (Å²) in [6.45, 7) is 2.18. The molecule has 3 aromatic carbocycles. The van der Waals surface area contributed by atoms with Crippen LogP contribution < -0.4 is 10.6 Å². The van der Waals surface area contributed by atoms with Crippen molar-refractivity contribution in [2.24, 2.45) is 0 Å². The van der Waals surface area contributed by atoms with E-state index >= 15 is 0 Å². The third kappa shape index (κ3) is 5.88. The van der Waals surface area contributed by atoms with Gasteiger partial charge in [-0.25, -0.2) is 0 Å². The number of halogens is 2. The quantitative estimate of drug-likeness (QED) is 0.200. The van der Waals surface area contributed by atoms with Crippen molar-refractivity contribution >= 4 is 63.2 Å². The van der Waals surface area contributed by atoms with Crippen LogP contribution >= 0.6 is 35.4 Å². The maximum Gasteiger partial charge on any atom is 0.293 e. The normalized spacial score (nSPS) is 11.0. The topological polar surface area (TPSA) is 85.0 Å². The Morgan fingerprint density at radius 1 is 1.00 bits per heavy atom. The van der Waals surface area contributed by atoms with Crippen LogP contribution in [0.2, 0.25) is 10.0 Å². The fourth-order valence-corrected chi connectivity index (χ4v) is 4.50. The minimum atomic E-state index is -0.499. The van der Waals surface area contributed by atoms with Crippen LogP contribution in [-0.2, 0) is 6.42 Å². The van der Waals surface area contributed by atoms with Crippen molar-refractivity contribution in [2.75, 3.05) is 5.32 Å². The molecule has 0 aliphatic rings. The van der Waals surface area contributed by atoms with Crippen LogP contribution in [0.5, 0.6) is 0 Å². The van der Waals surface area contributed by atoms with Gasteiger partial charge in [0.05, 0.1) is 16.4 Å². The highest BCUT2D eigenvalue weighted by Gasteiger charge is 2.16. The largest absolute Gasteiger partial charge is 0.451 e. The summed E-state index contributed by atoms with van der Waals surface area (Å²) in [5, 5.41) is 15.7. The van der Waals surface area contributed by atoms with Gasteiger partial charge in [-0.15, -0.1) is 10.2 Å². The van der Waals surface area contributed by atoms with Crippen LogP contribution in [0.3, 0.4) is 0 Å². The van der Waals surface area contributed by atoms with E-state index in [2.05, 4.69) is 39.9 Å². The molecule has 5 aromatic rings. The Bertz CT molecular complexity index is 1630. The van der Waals surface area contributed by atoms with Gasteiger partial charge in [0.1, 0.15) is 16.8 Å². The Hall–Kier alpha value is -3.72. The molecule has 0 saturated heterocycles. The molecule has 7 nitrogen and oxygen atoms in total. The number of aryl methyl sites for hydroxylation is 1. The Labute approximate surface area is 234 Å². The molecular weight excluding hydrogens is 541 g/mol. The maximum atomic E-state index is 12.7. The van der Waals surface area contributed by atoms with Crippen molar-refractivity contribution in [2.45, 2.75) is 26.2 Å². The van der Waals surface area contributed by atoms with Gasteiger partial charge >= 0.3 is 0 Å². The SMILES string of the molecule is CCCCc1ccc(-n2nc3cc(Cl)c(NC(=S)NC(=O)c4ccc(-c5cccc(Cl)c5)o4)cc3n2)cc1. The molecule has 0 atom stereocenters. The molecule has 0 spiro atoms. The van der Waals surface area contributed by atoms with Crippen molar-refractivity contribution < 1.29 is 9.21 Å². The summed E-state index contributed by atoms with van der Waals surface area (Å²) in [5.41, 5.74) is 4.65. The van der Waals surface area contributed by atoms with Crippen molar-refractivity contribution in [1.29, 1.82) is 0 Å². The van der Waals surface area contributed by atoms with Gasteiger partial charge in [-0.1, -0.05) is 60.8 Å². The fourth-order valence-electron chi connectivity index (χ4n) is 3.90. The van der Waals surface area contributed by atoms with Crippen LogP contribution in [0.25, 0.3) is 28.0 Å². The first-order chi connectivity index (χ1) is 18.4. The summed E-state index contributed by atoms with van der Waals surface area (Å²) >= 11 is 17.8. The zero-order chi connectivity index (χ0) is 26.6. The second-order valence-corrected chi connectivity index (χ2v) is 9.91. The van der Waals surface area contributed by atoms with E-state index in [9.17, 15) is 4.79 Å². The number of hydrogen-bond acceptors (Lipinski definition) is 5. The fraction of sp³-hybridized carbons (Fsp3) is 0.143. The molecule has 2 heterocycles. The maximum absolute atomic E-state index is 12.7. The molecule has 38 heavy (non-hydrogen) atoms. The third-order valence-corrected chi connectivity index (χ3v) is 6.62.